The lowest BCUT2D eigenvalue weighted by molar-refractivity contribution is -0.136. The van der Waals surface area contributed by atoms with E-state index in [1.807, 2.05) is 0 Å². The van der Waals surface area contributed by atoms with E-state index in [-0.39, 0.29) is 22.9 Å². The van der Waals surface area contributed by atoms with Crippen LogP contribution in [0.15, 0.2) is 82.6 Å². The summed E-state index contributed by atoms with van der Waals surface area (Å²) >= 11 is 0. The zero-order valence-corrected chi connectivity index (χ0v) is 26.3. The van der Waals surface area contributed by atoms with E-state index in [9.17, 15) is 23.6 Å². The van der Waals surface area contributed by atoms with E-state index in [0.717, 1.165) is 29.0 Å². The van der Waals surface area contributed by atoms with Crippen LogP contribution in [0.4, 0.5) is 14.5 Å². The Morgan fingerprint density at radius 1 is 0.898 bits per heavy atom. The van der Waals surface area contributed by atoms with Crippen molar-refractivity contribution in [2.45, 2.75) is 6.54 Å². The van der Waals surface area contributed by atoms with Crippen LogP contribution in [-0.4, -0.2) is 71.4 Å². The van der Waals surface area contributed by atoms with Gasteiger partial charge in [-0.1, -0.05) is 0 Å². The van der Waals surface area contributed by atoms with Gasteiger partial charge >= 0.3 is 5.69 Å². The summed E-state index contributed by atoms with van der Waals surface area (Å²) in [5.41, 5.74) is -2.00. The number of methoxy groups -OCH3 is 2. The zero-order valence-electron chi connectivity index (χ0n) is 26.3. The predicted octanol–water partition coefficient (Wildman–Crippen LogP) is 3.75. The van der Waals surface area contributed by atoms with Gasteiger partial charge in [0.05, 0.1) is 38.6 Å². The van der Waals surface area contributed by atoms with E-state index >= 15 is 4.39 Å². The third-order valence-corrected chi connectivity index (χ3v) is 7.77. The van der Waals surface area contributed by atoms with Crippen molar-refractivity contribution in [1.29, 1.82) is 0 Å². The highest BCUT2D eigenvalue weighted by molar-refractivity contribution is 6.04. The average Bonchev–Trinajstić information content (AvgIpc) is 3.11. The molecule has 15 heteroatoms. The Balaban J connectivity index is 1.30. The average molecular weight is 674 g/mol. The molecule has 252 valence electrons. The summed E-state index contributed by atoms with van der Waals surface area (Å²) < 4.78 is 52.5. The molecule has 0 atom stereocenters. The topological polar surface area (TPSA) is 143 Å². The lowest BCUT2D eigenvalue weighted by Gasteiger charge is -2.27. The van der Waals surface area contributed by atoms with Gasteiger partial charge in [-0.2, -0.15) is 0 Å². The molecule has 0 aliphatic carbocycles. The standard InChI is InChI=1S/C34H29F2N5O8/c1-46-29-16-23-26(17-30(29)47-2)37-10-9-27(23)49-28-8-5-21(15-25(28)36)38-32(43)24-18-40(19-31(42)39-11-13-48-14-12-39)34(45)41(33(24)44)22-6-3-20(35)4-7-22/h3-10,15-18H,11-14,19H2,1-2H3,(H,38,43). The Bertz CT molecular complexity index is 2180. The van der Waals surface area contributed by atoms with E-state index in [2.05, 4.69) is 10.3 Å². The maximum Gasteiger partial charge on any atom is 0.336 e. The number of carbonyl (C=O) groups is 2. The highest BCUT2D eigenvalue weighted by Gasteiger charge is 2.23. The van der Waals surface area contributed by atoms with Gasteiger partial charge in [0, 0.05) is 48.7 Å². The third-order valence-electron chi connectivity index (χ3n) is 7.77. The highest BCUT2D eigenvalue weighted by Crippen LogP contribution is 2.37. The molecule has 0 spiro atoms. The predicted molar refractivity (Wildman–Crippen MR) is 173 cm³/mol. The first-order valence-corrected chi connectivity index (χ1v) is 14.9. The second-order valence-electron chi connectivity index (χ2n) is 10.8. The zero-order chi connectivity index (χ0) is 34.7. The fraction of sp³-hybridized carbons (Fsp3) is 0.206. The smallest absolute Gasteiger partial charge is 0.336 e. The molecule has 13 nitrogen and oxygen atoms in total. The molecule has 0 saturated carbocycles. The van der Waals surface area contributed by atoms with E-state index < -0.39 is 46.8 Å². The van der Waals surface area contributed by atoms with E-state index in [1.165, 1.54) is 49.6 Å². The number of carbonyl (C=O) groups excluding carboxylic acids is 2. The van der Waals surface area contributed by atoms with Crippen molar-refractivity contribution in [2.75, 3.05) is 45.8 Å². The van der Waals surface area contributed by atoms with Gasteiger partial charge in [0.2, 0.25) is 5.91 Å². The van der Waals surface area contributed by atoms with Crippen molar-refractivity contribution in [3.63, 3.8) is 0 Å². The minimum atomic E-state index is -1.03. The number of nitrogens with zero attached hydrogens (tertiary/aromatic N) is 4. The van der Waals surface area contributed by atoms with E-state index in [4.69, 9.17) is 18.9 Å². The Hall–Kier alpha value is -6.09. The molecule has 3 heterocycles. The summed E-state index contributed by atoms with van der Waals surface area (Å²) in [5.74, 6) is -1.89. The van der Waals surface area contributed by atoms with Crippen LogP contribution in [0.5, 0.6) is 23.0 Å². The van der Waals surface area contributed by atoms with Gasteiger partial charge in [-0.3, -0.25) is 23.9 Å². The second-order valence-corrected chi connectivity index (χ2v) is 10.8. The molecule has 0 radical (unpaired) electrons. The molecule has 6 rings (SSSR count). The first-order valence-electron chi connectivity index (χ1n) is 14.9. The lowest BCUT2D eigenvalue weighted by Crippen LogP contribution is -2.46. The number of ether oxygens (including phenoxy) is 4. The van der Waals surface area contributed by atoms with Gasteiger partial charge in [0.25, 0.3) is 11.5 Å². The fourth-order valence-electron chi connectivity index (χ4n) is 5.26. The number of morpholine rings is 1. The molecule has 1 saturated heterocycles. The lowest BCUT2D eigenvalue weighted by atomic mass is 10.1. The van der Waals surface area contributed by atoms with Crippen LogP contribution in [0.3, 0.4) is 0 Å². The number of nitrogens with one attached hydrogen (secondary N) is 1. The summed E-state index contributed by atoms with van der Waals surface area (Å²) in [7, 11) is 2.97. The van der Waals surface area contributed by atoms with Gasteiger partial charge in [-0.25, -0.2) is 18.1 Å². The molecule has 0 bridgehead atoms. The Morgan fingerprint density at radius 2 is 1.61 bits per heavy atom. The molecular formula is C34H29F2N5O8. The van der Waals surface area contributed by atoms with Crippen molar-refractivity contribution in [3.8, 4) is 28.7 Å². The monoisotopic (exact) mass is 673 g/mol. The van der Waals surface area contributed by atoms with Gasteiger partial charge in [0.15, 0.2) is 23.1 Å². The number of fused-ring (bicyclic) bond motifs is 1. The third kappa shape index (κ3) is 6.82. The van der Waals surface area contributed by atoms with Crippen LogP contribution >= 0.6 is 0 Å². The van der Waals surface area contributed by atoms with Gasteiger partial charge in [-0.15, -0.1) is 0 Å². The Labute approximate surface area is 276 Å². The molecule has 3 aromatic carbocycles. The normalized spacial score (nSPS) is 12.9. The number of pyridine rings is 1. The molecule has 2 amide bonds. The number of anilines is 1. The van der Waals surface area contributed by atoms with Crippen LogP contribution < -0.4 is 30.8 Å². The summed E-state index contributed by atoms with van der Waals surface area (Å²) in [5, 5.41) is 2.99. The molecule has 1 aliphatic heterocycles. The van der Waals surface area contributed by atoms with Crippen molar-refractivity contribution in [1.82, 2.24) is 19.0 Å². The van der Waals surface area contributed by atoms with Gasteiger partial charge in [-0.05, 0) is 48.5 Å². The van der Waals surface area contributed by atoms with Crippen LogP contribution in [-0.2, 0) is 16.1 Å². The maximum atomic E-state index is 15.4. The molecular weight excluding hydrogens is 644 g/mol. The number of rotatable bonds is 9. The fourth-order valence-corrected chi connectivity index (χ4v) is 5.26. The molecule has 1 N–H and O–H groups in total. The van der Waals surface area contributed by atoms with Crippen LogP contribution in [0.25, 0.3) is 16.6 Å². The second kappa shape index (κ2) is 13.9. The molecule has 0 unspecified atom stereocenters. The first kappa shape index (κ1) is 32.8. The number of amides is 2. The van der Waals surface area contributed by atoms with Crippen molar-refractivity contribution in [3.05, 3.63) is 111 Å². The number of halogens is 2. The largest absolute Gasteiger partial charge is 0.493 e. The number of aromatic nitrogens is 3. The quantitative estimate of drug-likeness (QED) is 0.248. The van der Waals surface area contributed by atoms with Crippen LogP contribution in [0.1, 0.15) is 10.4 Å². The molecule has 1 aliphatic rings. The summed E-state index contributed by atoms with van der Waals surface area (Å²) in [6.07, 6.45) is 2.47. The minimum absolute atomic E-state index is 0.0223. The van der Waals surface area contributed by atoms with Gasteiger partial charge in [0.1, 0.15) is 23.7 Å². The molecule has 5 aromatic rings. The van der Waals surface area contributed by atoms with Gasteiger partial charge < -0.3 is 29.2 Å². The molecule has 49 heavy (non-hydrogen) atoms. The minimum Gasteiger partial charge on any atom is -0.493 e. The summed E-state index contributed by atoms with van der Waals surface area (Å²) in [4.78, 5) is 59.2. The maximum absolute atomic E-state index is 15.4. The number of hydrogen-bond donors (Lipinski definition) is 1. The number of benzene rings is 3. The van der Waals surface area contributed by atoms with Crippen LogP contribution in [0, 0.1) is 11.6 Å². The van der Waals surface area contributed by atoms with E-state index in [0.29, 0.717) is 53.3 Å². The van der Waals surface area contributed by atoms with Crippen molar-refractivity contribution in [2.24, 2.45) is 0 Å². The molecule has 2 aromatic heterocycles. The molecule has 1 fully saturated rings. The van der Waals surface area contributed by atoms with Crippen LogP contribution in [0.2, 0.25) is 0 Å². The Morgan fingerprint density at radius 3 is 2.31 bits per heavy atom. The highest BCUT2D eigenvalue weighted by atomic mass is 19.1. The number of hydrogen-bond acceptors (Lipinski definition) is 9. The van der Waals surface area contributed by atoms with Crippen molar-refractivity contribution < 1.29 is 37.3 Å². The SMILES string of the molecule is COc1cc2nccc(Oc3ccc(NC(=O)c4cn(CC(=O)N5CCOCC5)c(=O)n(-c5ccc(F)cc5)c4=O)cc3F)c2cc1OC. The summed E-state index contributed by atoms with van der Waals surface area (Å²) in [6, 6.07) is 13.0. The van der Waals surface area contributed by atoms with E-state index in [1.54, 1.807) is 18.2 Å². The van der Waals surface area contributed by atoms with Crippen molar-refractivity contribution >= 4 is 28.4 Å². The Kier molecular flexibility index (Phi) is 9.35. The first-order chi connectivity index (χ1) is 23.7. The summed E-state index contributed by atoms with van der Waals surface area (Å²) in [6.45, 7) is 0.789.